The molecule has 6 heteroatoms. The molecule has 0 radical (unpaired) electrons. The van der Waals surface area contributed by atoms with Gasteiger partial charge in [0.1, 0.15) is 0 Å². The molecular formula is C23H26N4O2. The zero-order chi connectivity index (χ0) is 20.2. The van der Waals surface area contributed by atoms with E-state index in [4.69, 9.17) is 9.72 Å². The standard InChI is InChI=1S/C23H26N4O2/c1-3-29-23-21(24-19-12-6-7-13-20(19)26-23)27-14-8-10-17(15-27)22(28)25-18-11-5-4-9-16(18)2/h4-7,9,11-13,17H,3,8,10,14-15H2,1-2H3,(H,25,28). The lowest BCUT2D eigenvalue weighted by molar-refractivity contribution is -0.120. The van der Waals surface area contributed by atoms with Crippen molar-refractivity contribution in [1.29, 1.82) is 0 Å². The molecule has 2 heterocycles. The summed E-state index contributed by atoms with van der Waals surface area (Å²) in [5.41, 5.74) is 3.57. The maximum absolute atomic E-state index is 12.9. The van der Waals surface area contributed by atoms with Gasteiger partial charge in [0.05, 0.1) is 23.6 Å². The smallest absolute Gasteiger partial charge is 0.258 e. The zero-order valence-corrected chi connectivity index (χ0v) is 16.9. The first-order valence-corrected chi connectivity index (χ1v) is 10.2. The number of aryl methyl sites for hydroxylation is 1. The summed E-state index contributed by atoms with van der Waals surface area (Å²) in [4.78, 5) is 24.5. The molecule has 1 fully saturated rings. The number of carbonyl (C=O) groups is 1. The third-order valence-corrected chi connectivity index (χ3v) is 5.30. The van der Waals surface area contributed by atoms with Crippen molar-refractivity contribution in [3.05, 3.63) is 54.1 Å². The molecule has 1 aliphatic heterocycles. The molecule has 0 spiro atoms. The number of hydrogen-bond acceptors (Lipinski definition) is 5. The molecule has 1 aromatic heterocycles. The fraction of sp³-hybridized carbons (Fsp3) is 0.348. The molecule has 1 atom stereocenters. The normalized spacial score (nSPS) is 16.6. The first-order chi connectivity index (χ1) is 14.2. The molecule has 1 unspecified atom stereocenters. The number of benzene rings is 2. The first-order valence-electron chi connectivity index (χ1n) is 10.2. The van der Waals surface area contributed by atoms with Crippen molar-refractivity contribution >= 4 is 28.4 Å². The predicted molar refractivity (Wildman–Crippen MR) is 115 cm³/mol. The van der Waals surface area contributed by atoms with E-state index >= 15 is 0 Å². The molecule has 150 valence electrons. The van der Waals surface area contributed by atoms with E-state index in [2.05, 4.69) is 15.2 Å². The van der Waals surface area contributed by atoms with Crippen molar-refractivity contribution in [3.63, 3.8) is 0 Å². The maximum atomic E-state index is 12.9. The van der Waals surface area contributed by atoms with Crippen LogP contribution in [0.15, 0.2) is 48.5 Å². The van der Waals surface area contributed by atoms with E-state index in [-0.39, 0.29) is 11.8 Å². The molecule has 29 heavy (non-hydrogen) atoms. The van der Waals surface area contributed by atoms with Crippen LogP contribution < -0.4 is 15.0 Å². The lowest BCUT2D eigenvalue weighted by atomic mass is 9.97. The minimum absolute atomic E-state index is 0.0516. The quantitative estimate of drug-likeness (QED) is 0.707. The average molecular weight is 390 g/mol. The fourth-order valence-electron chi connectivity index (χ4n) is 3.75. The van der Waals surface area contributed by atoms with Gasteiger partial charge in [0.2, 0.25) is 5.91 Å². The number of para-hydroxylation sites is 3. The van der Waals surface area contributed by atoms with Crippen molar-refractivity contribution in [2.24, 2.45) is 5.92 Å². The Bertz CT molecular complexity index is 1020. The number of carbonyl (C=O) groups excluding carboxylic acids is 1. The van der Waals surface area contributed by atoms with E-state index in [0.717, 1.165) is 47.5 Å². The van der Waals surface area contributed by atoms with E-state index < -0.39 is 0 Å². The Hall–Kier alpha value is -3.15. The van der Waals surface area contributed by atoms with E-state index in [0.29, 0.717) is 19.0 Å². The van der Waals surface area contributed by atoms with Crippen LogP contribution >= 0.6 is 0 Å². The predicted octanol–water partition coefficient (Wildman–Crippen LogP) is 4.19. The molecule has 1 aliphatic rings. The molecule has 4 rings (SSSR count). The highest BCUT2D eigenvalue weighted by atomic mass is 16.5. The van der Waals surface area contributed by atoms with Crippen LogP contribution in [0.3, 0.4) is 0 Å². The van der Waals surface area contributed by atoms with Gasteiger partial charge in [-0.3, -0.25) is 4.79 Å². The molecule has 2 aromatic carbocycles. The second-order valence-electron chi connectivity index (χ2n) is 7.36. The second-order valence-corrected chi connectivity index (χ2v) is 7.36. The Morgan fingerprint density at radius 3 is 2.62 bits per heavy atom. The van der Waals surface area contributed by atoms with Crippen molar-refractivity contribution in [1.82, 2.24) is 9.97 Å². The summed E-state index contributed by atoms with van der Waals surface area (Å²) in [6, 6.07) is 15.6. The van der Waals surface area contributed by atoms with E-state index in [9.17, 15) is 4.79 Å². The van der Waals surface area contributed by atoms with Gasteiger partial charge in [0.25, 0.3) is 5.88 Å². The van der Waals surface area contributed by atoms with E-state index in [1.165, 1.54) is 0 Å². The molecule has 1 N–H and O–H groups in total. The average Bonchev–Trinajstić information content (AvgIpc) is 2.75. The van der Waals surface area contributed by atoms with Gasteiger partial charge in [-0.15, -0.1) is 0 Å². The molecule has 3 aromatic rings. The van der Waals surface area contributed by atoms with Crippen LogP contribution in [0, 0.1) is 12.8 Å². The highest BCUT2D eigenvalue weighted by Crippen LogP contribution is 2.31. The summed E-state index contributed by atoms with van der Waals surface area (Å²) in [5, 5.41) is 3.09. The number of nitrogens with zero attached hydrogens (tertiary/aromatic N) is 3. The van der Waals surface area contributed by atoms with Crippen LogP contribution in [-0.2, 0) is 4.79 Å². The Kier molecular flexibility index (Phi) is 5.60. The van der Waals surface area contributed by atoms with Crippen molar-refractivity contribution in [2.45, 2.75) is 26.7 Å². The number of amides is 1. The van der Waals surface area contributed by atoms with Crippen molar-refractivity contribution in [3.8, 4) is 5.88 Å². The summed E-state index contributed by atoms with van der Waals surface area (Å²) in [6.07, 6.45) is 1.78. The van der Waals surface area contributed by atoms with Crippen LogP contribution in [0.2, 0.25) is 0 Å². The molecule has 6 nitrogen and oxygen atoms in total. The summed E-state index contributed by atoms with van der Waals surface area (Å²) >= 11 is 0. The van der Waals surface area contributed by atoms with Crippen molar-refractivity contribution < 1.29 is 9.53 Å². The fourth-order valence-corrected chi connectivity index (χ4v) is 3.75. The minimum Gasteiger partial charge on any atom is -0.475 e. The number of anilines is 2. The summed E-state index contributed by atoms with van der Waals surface area (Å²) in [5.74, 6) is 1.20. The Morgan fingerprint density at radius 2 is 1.86 bits per heavy atom. The van der Waals surface area contributed by atoms with Gasteiger partial charge in [-0.1, -0.05) is 30.3 Å². The van der Waals surface area contributed by atoms with Gasteiger partial charge >= 0.3 is 0 Å². The second kappa shape index (κ2) is 8.47. The van der Waals surface area contributed by atoms with E-state index in [1.807, 2.05) is 62.4 Å². The third kappa shape index (κ3) is 4.16. The molecule has 1 saturated heterocycles. The number of piperidine rings is 1. The van der Waals surface area contributed by atoms with E-state index in [1.54, 1.807) is 0 Å². The minimum atomic E-state index is -0.105. The van der Waals surface area contributed by atoms with Crippen LogP contribution in [0.1, 0.15) is 25.3 Å². The number of hydrogen-bond donors (Lipinski definition) is 1. The monoisotopic (exact) mass is 390 g/mol. The van der Waals surface area contributed by atoms with Gasteiger partial charge in [0, 0.05) is 18.8 Å². The summed E-state index contributed by atoms with van der Waals surface area (Å²) in [7, 11) is 0. The number of nitrogens with one attached hydrogen (secondary N) is 1. The van der Waals surface area contributed by atoms with Crippen molar-refractivity contribution in [2.75, 3.05) is 29.9 Å². The van der Waals surface area contributed by atoms with Gasteiger partial charge in [-0.25, -0.2) is 9.97 Å². The van der Waals surface area contributed by atoms with Gasteiger partial charge in [-0.2, -0.15) is 0 Å². The van der Waals surface area contributed by atoms with Gasteiger partial charge in [-0.05, 0) is 50.5 Å². The summed E-state index contributed by atoms with van der Waals surface area (Å²) in [6.45, 7) is 5.90. The molecular weight excluding hydrogens is 364 g/mol. The third-order valence-electron chi connectivity index (χ3n) is 5.30. The Morgan fingerprint density at radius 1 is 1.14 bits per heavy atom. The highest BCUT2D eigenvalue weighted by Gasteiger charge is 2.29. The Labute approximate surface area is 170 Å². The SMILES string of the molecule is CCOc1nc2ccccc2nc1N1CCCC(C(=O)Nc2ccccc2C)C1. The molecule has 0 aliphatic carbocycles. The summed E-state index contributed by atoms with van der Waals surface area (Å²) < 4.78 is 5.79. The highest BCUT2D eigenvalue weighted by molar-refractivity contribution is 5.93. The topological polar surface area (TPSA) is 67.4 Å². The van der Waals surface area contributed by atoms with Crippen LogP contribution in [0.5, 0.6) is 5.88 Å². The Balaban J connectivity index is 1.57. The molecule has 0 saturated carbocycles. The molecule has 1 amide bonds. The number of fused-ring (bicyclic) bond motifs is 1. The number of rotatable bonds is 5. The van der Waals surface area contributed by atoms with Crippen LogP contribution in [0.4, 0.5) is 11.5 Å². The molecule has 0 bridgehead atoms. The zero-order valence-electron chi connectivity index (χ0n) is 16.9. The largest absolute Gasteiger partial charge is 0.475 e. The lowest BCUT2D eigenvalue weighted by Gasteiger charge is -2.33. The van der Waals surface area contributed by atoms with Crippen LogP contribution in [0.25, 0.3) is 11.0 Å². The first kappa shape index (κ1) is 19.2. The van der Waals surface area contributed by atoms with Gasteiger partial charge in [0.15, 0.2) is 5.82 Å². The number of ether oxygens (including phenoxy) is 1. The lowest BCUT2D eigenvalue weighted by Crippen LogP contribution is -2.41. The van der Waals surface area contributed by atoms with Gasteiger partial charge < -0.3 is 15.0 Å². The van der Waals surface area contributed by atoms with Crippen LogP contribution in [-0.4, -0.2) is 35.6 Å². The number of aromatic nitrogens is 2. The maximum Gasteiger partial charge on any atom is 0.258 e.